The molecule has 1 N–H and O–H groups in total. The van der Waals surface area contributed by atoms with Gasteiger partial charge in [0.2, 0.25) is 0 Å². The summed E-state index contributed by atoms with van der Waals surface area (Å²) in [6.07, 6.45) is 0.443. The summed E-state index contributed by atoms with van der Waals surface area (Å²) in [6, 6.07) is 14.5. The fraction of sp³-hybridized carbons (Fsp3) is 0.350. The predicted octanol–water partition coefficient (Wildman–Crippen LogP) is 4.28. The number of amides is 1. The van der Waals surface area contributed by atoms with Gasteiger partial charge in [-0.05, 0) is 56.7 Å². The summed E-state index contributed by atoms with van der Waals surface area (Å²) >= 11 is 0. The Morgan fingerprint density at radius 3 is 2.24 bits per heavy atom. The van der Waals surface area contributed by atoms with E-state index in [1.54, 1.807) is 26.2 Å². The van der Waals surface area contributed by atoms with Crippen molar-refractivity contribution in [2.75, 3.05) is 12.4 Å². The van der Waals surface area contributed by atoms with E-state index in [0.29, 0.717) is 17.2 Å². The summed E-state index contributed by atoms with van der Waals surface area (Å²) in [5.74, 6) is 1.67. The minimum Gasteiger partial charge on any atom is -0.493 e. The summed E-state index contributed by atoms with van der Waals surface area (Å²) in [7, 11) is 1.57. The SMILES string of the molecule is CCC(C)Oc1ccc(NC(=O)C(C)Oc2ccccc2OC)cc1. The number of hydrogen-bond donors (Lipinski definition) is 1. The van der Waals surface area contributed by atoms with Crippen LogP contribution in [-0.4, -0.2) is 25.2 Å². The Morgan fingerprint density at radius 1 is 1.00 bits per heavy atom. The predicted molar refractivity (Wildman–Crippen MR) is 98.5 cm³/mol. The average Bonchev–Trinajstić information content (AvgIpc) is 2.63. The topological polar surface area (TPSA) is 56.8 Å². The van der Waals surface area contributed by atoms with Crippen molar-refractivity contribution in [1.82, 2.24) is 0 Å². The molecule has 0 saturated heterocycles. The quantitative estimate of drug-likeness (QED) is 0.777. The van der Waals surface area contributed by atoms with E-state index < -0.39 is 6.10 Å². The summed E-state index contributed by atoms with van der Waals surface area (Å²) in [6.45, 7) is 5.79. The fourth-order valence-corrected chi connectivity index (χ4v) is 2.14. The summed E-state index contributed by atoms with van der Waals surface area (Å²) < 4.78 is 16.7. The minimum absolute atomic E-state index is 0.162. The highest BCUT2D eigenvalue weighted by Crippen LogP contribution is 2.27. The standard InChI is InChI=1S/C20H25NO4/c1-5-14(2)24-17-12-10-16(11-13-17)21-20(22)15(3)25-19-9-7-6-8-18(19)23-4/h6-15H,5H2,1-4H3,(H,21,22). The lowest BCUT2D eigenvalue weighted by atomic mass is 10.2. The van der Waals surface area contributed by atoms with Crippen LogP contribution in [0.5, 0.6) is 17.2 Å². The third-order valence-corrected chi connectivity index (χ3v) is 3.78. The zero-order chi connectivity index (χ0) is 18.2. The van der Waals surface area contributed by atoms with Gasteiger partial charge < -0.3 is 19.5 Å². The van der Waals surface area contributed by atoms with Crippen LogP contribution in [0.4, 0.5) is 5.69 Å². The van der Waals surface area contributed by atoms with Crippen LogP contribution in [-0.2, 0) is 4.79 Å². The molecular formula is C20H25NO4. The first-order chi connectivity index (χ1) is 12.0. The second-order valence-corrected chi connectivity index (χ2v) is 5.76. The van der Waals surface area contributed by atoms with E-state index in [2.05, 4.69) is 12.2 Å². The zero-order valence-electron chi connectivity index (χ0n) is 15.1. The molecule has 2 unspecified atom stereocenters. The van der Waals surface area contributed by atoms with Crippen LogP contribution in [0.3, 0.4) is 0 Å². The molecular weight excluding hydrogens is 318 g/mol. The molecule has 25 heavy (non-hydrogen) atoms. The number of carbonyl (C=O) groups excluding carboxylic acids is 1. The molecule has 0 fully saturated rings. The molecule has 2 rings (SSSR count). The van der Waals surface area contributed by atoms with Crippen LogP contribution in [0.25, 0.3) is 0 Å². The molecule has 2 atom stereocenters. The summed E-state index contributed by atoms with van der Waals surface area (Å²) in [4.78, 5) is 12.3. The molecule has 1 amide bonds. The Labute approximate surface area is 148 Å². The molecule has 0 aliphatic rings. The first-order valence-corrected chi connectivity index (χ1v) is 8.40. The van der Waals surface area contributed by atoms with Gasteiger partial charge in [-0.2, -0.15) is 0 Å². The highest BCUT2D eigenvalue weighted by Gasteiger charge is 2.17. The van der Waals surface area contributed by atoms with E-state index in [4.69, 9.17) is 14.2 Å². The zero-order valence-corrected chi connectivity index (χ0v) is 15.1. The molecule has 2 aromatic rings. The van der Waals surface area contributed by atoms with E-state index >= 15 is 0 Å². The third-order valence-electron chi connectivity index (χ3n) is 3.78. The molecule has 0 bridgehead atoms. The van der Waals surface area contributed by atoms with Crippen LogP contribution in [0, 0.1) is 0 Å². The van der Waals surface area contributed by atoms with Gasteiger partial charge >= 0.3 is 0 Å². The van der Waals surface area contributed by atoms with E-state index in [0.717, 1.165) is 12.2 Å². The number of nitrogens with one attached hydrogen (secondary N) is 1. The monoisotopic (exact) mass is 343 g/mol. The van der Waals surface area contributed by atoms with Crippen molar-refractivity contribution in [2.45, 2.75) is 39.4 Å². The maximum atomic E-state index is 12.3. The summed E-state index contributed by atoms with van der Waals surface area (Å²) in [5, 5.41) is 2.83. The van der Waals surface area contributed by atoms with Crippen molar-refractivity contribution < 1.29 is 19.0 Å². The number of ether oxygens (including phenoxy) is 3. The molecule has 0 saturated carbocycles. The van der Waals surface area contributed by atoms with Gasteiger partial charge in [0.25, 0.3) is 5.91 Å². The van der Waals surface area contributed by atoms with Gasteiger partial charge in [-0.1, -0.05) is 19.1 Å². The maximum Gasteiger partial charge on any atom is 0.265 e. The number of anilines is 1. The highest BCUT2D eigenvalue weighted by atomic mass is 16.5. The third kappa shape index (κ3) is 5.41. The fourth-order valence-electron chi connectivity index (χ4n) is 2.14. The number of benzene rings is 2. The molecule has 134 valence electrons. The van der Waals surface area contributed by atoms with Gasteiger partial charge in [0.1, 0.15) is 5.75 Å². The van der Waals surface area contributed by atoms with Crippen LogP contribution >= 0.6 is 0 Å². The number of rotatable bonds is 8. The van der Waals surface area contributed by atoms with Crippen LogP contribution in [0.2, 0.25) is 0 Å². The van der Waals surface area contributed by atoms with Gasteiger partial charge in [-0.15, -0.1) is 0 Å². The van der Waals surface area contributed by atoms with Crippen molar-refractivity contribution in [3.63, 3.8) is 0 Å². The second-order valence-electron chi connectivity index (χ2n) is 5.76. The van der Waals surface area contributed by atoms with E-state index in [-0.39, 0.29) is 12.0 Å². The second kappa shape index (κ2) is 8.97. The van der Waals surface area contributed by atoms with E-state index in [9.17, 15) is 4.79 Å². The lowest BCUT2D eigenvalue weighted by Gasteiger charge is -2.17. The van der Waals surface area contributed by atoms with Gasteiger partial charge in [0, 0.05) is 5.69 Å². The molecule has 0 aliphatic heterocycles. The average molecular weight is 343 g/mol. The Hall–Kier alpha value is -2.69. The lowest BCUT2D eigenvalue weighted by Crippen LogP contribution is -2.30. The van der Waals surface area contributed by atoms with Crippen LogP contribution < -0.4 is 19.5 Å². The van der Waals surface area contributed by atoms with Crippen molar-refractivity contribution in [3.05, 3.63) is 48.5 Å². The Balaban J connectivity index is 1.94. The van der Waals surface area contributed by atoms with Crippen molar-refractivity contribution in [1.29, 1.82) is 0 Å². The number of carbonyl (C=O) groups is 1. The van der Waals surface area contributed by atoms with Crippen molar-refractivity contribution >= 4 is 11.6 Å². The van der Waals surface area contributed by atoms with Crippen LogP contribution in [0.15, 0.2) is 48.5 Å². The molecule has 0 aliphatic carbocycles. The minimum atomic E-state index is -0.660. The molecule has 0 heterocycles. The Bertz CT molecular complexity index is 684. The van der Waals surface area contributed by atoms with Gasteiger partial charge in [0.15, 0.2) is 17.6 Å². The Morgan fingerprint density at radius 2 is 1.64 bits per heavy atom. The number of hydrogen-bond acceptors (Lipinski definition) is 4. The van der Waals surface area contributed by atoms with E-state index in [1.165, 1.54) is 0 Å². The molecule has 0 radical (unpaired) electrons. The Kier molecular flexibility index (Phi) is 6.69. The molecule has 5 heteroatoms. The molecule has 0 spiro atoms. The van der Waals surface area contributed by atoms with Crippen molar-refractivity contribution in [3.8, 4) is 17.2 Å². The van der Waals surface area contributed by atoms with Crippen molar-refractivity contribution in [2.24, 2.45) is 0 Å². The summed E-state index contributed by atoms with van der Waals surface area (Å²) in [5.41, 5.74) is 0.692. The van der Waals surface area contributed by atoms with E-state index in [1.807, 2.05) is 43.3 Å². The highest BCUT2D eigenvalue weighted by molar-refractivity contribution is 5.94. The van der Waals surface area contributed by atoms with Crippen LogP contribution in [0.1, 0.15) is 27.2 Å². The maximum absolute atomic E-state index is 12.3. The van der Waals surface area contributed by atoms with Gasteiger partial charge in [0.05, 0.1) is 13.2 Å². The first kappa shape index (κ1) is 18.6. The first-order valence-electron chi connectivity index (χ1n) is 8.40. The molecule has 5 nitrogen and oxygen atoms in total. The van der Waals surface area contributed by atoms with Gasteiger partial charge in [-0.25, -0.2) is 0 Å². The lowest BCUT2D eigenvalue weighted by molar-refractivity contribution is -0.122. The number of para-hydroxylation sites is 2. The molecule has 2 aromatic carbocycles. The molecule has 0 aromatic heterocycles. The smallest absolute Gasteiger partial charge is 0.265 e. The van der Waals surface area contributed by atoms with Gasteiger partial charge in [-0.3, -0.25) is 4.79 Å². The largest absolute Gasteiger partial charge is 0.493 e. The number of methoxy groups -OCH3 is 1. The normalized spacial score (nSPS) is 12.8.